The fourth-order valence-electron chi connectivity index (χ4n) is 3.43. The fourth-order valence-corrected chi connectivity index (χ4v) is 3.66. The van der Waals surface area contributed by atoms with Gasteiger partial charge >= 0.3 is 5.97 Å². The number of hydrogen-bond acceptors (Lipinski definition) is 11. The quantitative estimate of drug-likeness (QED) is 0.0537. The van der Waals surface area contributed by atoms with Crippen molar-refractivity contribution in [2.24, 2.45) is 0 Å². The summed E-state index contributed by atoms with van der Waals surface area (Å²) in [5, 5.41) is 0.837. The molecule has 0 rings (SSSR count). The van der Waals surface area contributed by atoms with Crippen LogP contribution in [0.3, 0.4) is 0 Å². The van der Waals surface area contributed by atoms with Crippen molar-refractivity contribution >= 4 is 21.9 Å². The number of carbonyl (C=O) groups is 1. The molecule has 0 aromatic rings. The maximum absolute atomic E-state index is 11.7. The van der Waals surface area contributed by atoms with Gasteiger partial charge in [0.25, 0.3) is 0 Å². The van der Waals surface area contributed by atoms with Crippen LogP contribution in [0.5, 0.6) is 0 Å². The van der Waals surface area contributed by atoms with Crippen LogP contribution in [0.15, 0.2) is 0 Å². The molecular weight excluding hydrogens is 616 g/mol. The van der Waals surface area contributed by atoms with Crippen LogP contribution in [0.25, 0.3) is 0 Å². The summed E-state index contributed by atoms with van der Waals surface area (Å²) >= 11 is 3.30. The van der Waals surface area contributed by atoms with E-state index in [2.05, 4.69) is 22.9 Å². The number of halogens is 1. The molecule has 0 N–H and O–H groups in total. The molecule has 12 heteroatoms. The number of unbranched alkanes of at least 4 members (excludes halogenated alkanes) is 6. The molecule has 0 aromatic heterocycles. The van der Waals surface area contributed by atoms with Crippen molar-refractivity contribution < 1.29 is 52.2 Å². The van der Waals surface area contributed by atoms with Crippen molar-refractivity contribution in [2.75, 3.05) is 131 Å². The largest absolute Gasteiger partial charge is 0.463 e. The monoisotopic (exact) mass is 674 g/mol. The summed E-state index contributed by atoms with van der Waals surface area (Å²) in [6.45, 7) is 11.9. The lowest BCUT2D eigenvalue weighted by atomic mass is 10.1. The highest BCUT2D eigenvalue weighted by atomic mass is 79.9. The van der Waals surface area contributed by atoms with Gasteiger partial charge < -0.3 is 47.4 Å². The Morgan fingerprint density at radius 1 is 0.405 bits per heavy atom. The third-order valence-electron chi connectivity index (χ3n) is 5.67. The van der Waals surface area contributed by atoms with Gasteiger partial charge in [0.05, 0.1) is 119 Å². The van der Waals surface area contributed by atoms with Crippen LogP contribution in [-0.2, 0) is 52.2 Å². The molecular formula is C30H59BrO11. The minimum atomic E-state index is -0.138. The van der Waals surface area contributed by atoms with Crippen LogP contribution in [0.4, 0.5) is 0 Å². The molecule has 0 aliphatic carbocycles. The first-order valence-electron chi connectivity index (χ1n) is 15.7. The van der Waals surface area contributed by atoms with Crippen LogP contribution >= 0.6 is 15.9 Å². The molecule has 42 heavy (non-hydrogen) atoms. The van der Waals surface area contributed by atoms with Crippen LogP contribution in [-0.4, -0.2) is 137 Å². The summed E-state index contributed by atoms with van der Waals surface area (Å²) in [4.78, 5) is 11.7. The molecule has 0 aliphatic rings. The lowest BCUT2D eigenvalue weighted by molar-refractivity contribution is -0.145. The molecule has 252 valence electrons. The normalized spacial score (nSPS) is 11.4. The van der Waals surface area contributed by atoms with Gasteiger partial charge in [-0.2, -0.15) is 0 Å². The first-order chi connectivity index (χ1) is 20.8. The minimum Gasteiger partial charge on any atom is -0.463 e. The first-order valence-corrected chi connectivity index (χ1v) is 16.8. The van der Waals surface area contributed by atoms with E-state index >= 15 is 0 Å². The van der Waals surface area contributed by atoms with Gasteiger partial charge in [0.15, 0.2) is 0 Å². The number of hydrogen-bond donors (Lipinski definition) is 0. The molecule has 0 heterocycles. The predicted molar refractivity (Wildman–Crippen MR) is 165 cm³/mol. The molecule has 0 aliphatic heterocycles. The summed E-state index contributed by atoms with van der Waals surface area (Å²) in [6.07, 6.45) is 8.82. The van der Waals surface area contributed by atoms with E-state index in [0.29, 0.717) is 132 Å². The summed E-state index contributed by atoms with van der Waals surface area (Å²) in [5.41, 5.74) is 0. The maximum atomic E-state index is 11.7. The second kappa shape index (κ2) is 38.6. The van der Waals surface area contributed by atoms with E-state index in [0.717, 1.165) is 18.2 Å². The second-order valence-corrected chi connectivity index (χ2v) is 10.1. The smallest absolute Gasteiger partial charge is 0.305 e. The molecule has 0 saturated heterocycles. The highest BCUT2D eigenvalue weighted by Gasteiger charge is 2.02. The molecule has 0 saturated carbocycles. The molecule has 0 radical (unpaired) electrons. The van der Waals surface area contributed by atoms with E-state index in [9.17, 15) is 4.79 Å². The van der Waals surface area contributed by atoms with Gasteiger partial charge in [0.2, 0.25) is 0 Å². The topological polar surface area (TPSA) is 109 Å². The zero-order chi connectivity index (χ0) is 30.4. The van der Waals surface area contributed by atoms with Gasteiger partial charge in [-0.3, -0.25) is 4.79 Å². The summed E-state index contributed by atoms with van der Waals surface area (Å²) in [5.74, 6) is -0.138. The van der Waals surface area contributed by atoms with E-state index in [1.807, 2.05) is 0 Å². The van der Waals surface area contributed by atoms with Crippen LogP contribution in [0.1, 0.15) is 58.3 Å². The van der Waals surface area contributed by atoms with E-state index in [1.54, 1.807) is 0 Å². The minimum absolute atomic E-state index is 0.138. The third kappa shape index (κ3) is 37.6. The molecule has 0 aromatic carbocycles. The Hall–Kier alpha value is -0.410. The number of carbonyl (C=O) groups excluding carboxylic acids is 1. The zero-order valence-electron chi connectivity index (χ0n) is 26.2. The standard InChI is InChI=1S/C30H59BrO11/c1-2-3-4-5-6-7-8-9-30(32)42-29-28-41-27-26-40-25-24-39-23-22-38-21-20-37-19-18-36-17-16-35-15-14-34-13-12-33-11-10-31/h2-29H2,1H3. The SMILES string of the molecule is CCCCCCCCCC(=O)OCCOCCOCCOCCOCCOCCOCCOCCOCCOCCBr. The second-order valence-electron chi connectivity index (χ2n) is 9.29. The Kier molecular flexibility index (Phi) is 38.2. The lowest BCUT2D eigenvalue weighted by Crippen LogP contribution is -2.15. The Bertz CT molecular complexity index is 518. The van der Waals surface area contributed by atoms with E-state index in [4.69, 9.17) is 47.4 Å². The Morgan fingerprint density at radius 3 is 1.02 bits per heavy atom. The van der Waals surface area contributed by atoms with Crippen molar-refractivity contribution in [3.8, 4) is 0 Å². The number of esters is 1. The van der Waals surface area contributed by atoms with Crippen LogP contribution in [0.2, 0.25) is 0 Å². The molecule has 0 bridgehead atoms. The fraction of sp³-hybridized carbons (Fsp3) is 0.967. The van der Waals surface area contributed by atoms with Crippen molar-refractivity contribution in [1.29, 1.82) is 0 Å². The molecule has 0 unspecified atom stereocenters. The van der Waals surface area contributed by atoms with Gasteiger partial charge in [-0.25, -0.2) is 0 Å². The number of ether oxygens (including phenoxy) is 10. The van der Waals surface area contributed by atoms with E-state index < -0.39 is 0 Å². The molecule has 0 atom stereocenters. The summed E-state index contributed by atoms with van der Waals surface area (Å²) in [6, 6.07) is 0. The van der Waals surface area contributed by atoms with Crippen molar-refractivity contribution in [3.63, 3.8) is 0 Å². The van der Waals surface area contributed by atoms with Gasteiger partial charge in [-0.05, 0) is 6.42 Å². The zero-order valence-corrected chi connectivity index (χ0v) is 27.8. The average molecular weight is 676 g/mol. The Balaban J connectivity index is 3.09. The van der Waals surface area contributed by atoms with E-state index in [1.165, 1.54) is 32.1 Å². The van der Waals surface area contributed by atoms with Gasteiger partial charge in [-0.15, -0.1) is 0 Å². The highest BCUT2D eigenvalue weighted by molar-refractivity contribution is 9.09. The number of alkyl halides is 1. The molecule has 0 spiro atoms. The van der Waals surface area contributed by atoms with Gasteiger partial charge in [0.1, 0.15) is 6.61 Å². The van der Waals surface area contributed by atoms with Crippen LogP contribution in [0, 0.1) is 0 Å². The van der Waals surface area contributed by atoms with Gasteiger partial charge in [-0.1, -0.05) is 61.4 Å². The lowest BCUT2D eigenvalue weighted by Gasteiger charge is -2.09. The molecule has 0 fully saturated rings. The third-order valence-corrected chi connectivity index (χ3v) is 6.00. The predicted octanol–water partition coefficient (Wildman–Crippen LogP) is 4.21. The summed E-state index contributed by atoms with van der Waals surface area (Å²) < 4.78 is 54.0. The maximum Gasteiger partial charge on any atom is 0.305 e. The Labute approximate surface area is 262 Å². The van der Waals surface area contributed by atoms with E-state index in [-0.39, 0.29) is 5.97 Å². The molecule has 0 amide bonds. The highest BCUT2D eigenvalue weighted by Crippen LogP contribution is 2.08. The molecule has 11 nitrogen and oxygen atoms in total. The Morgan fingerprint density at radius 2 is 0.690 bits per heavy atom. The van der Waals surface area contributed by atoms with Crippen molar-refractivity contribution in [1.82, 2.24) is 0 Å². The summed E-state index contributed by atoms with van der Waals surface area (Å²) in [7, 11) is 0. The van der Waals surface area contributed by atoms with Crippen molar-refractivity contribution in [2.45, 2.75) is 58.3 Å². The number of rotatable bonds is 37. The first kappa shape index (κ1) is 41.6. The average Bonchev–Trinajstić information content (AvgIpc) is 2.99. The van der Waals surface area contributed by atoms with Gasteiger partial charge in [0, 0.05) is 11.8 Å². The van der Waals surface area contributed by atoms with Crippen molar-refractivity contribution in [3.05, 3.63) is 0 Å². The van der Waals surface area contributed by atoms with Crippen LogP contribution < -0.4 is 0 Å².